The van der Waals surface area contributed by atoms with Crippen LogP contribution in [0, 0.1) is 5.92 Å². The Bertz CT molecular complexity index is 171. The summed E-state index contributed by atoms with van der Waals surface area (Å²) >= 11 is 1.56. The fraction of sp³-hybridized carbons (Fsp3) is 0.818. The van der Waals surface area contributed by atoms with E-state index in [1.165, 1.54) is 0 Å². The number of hydrogen-bond donors (Lipinski definition) is 2. The van der Waals surface area contributed by atoms with Crippen molar-refractivity contribution in [1.82, 2.24) is 0 Å². The molecule has 94 valence electrons. The molecule has 0 aromatic heterocycles. The highest BCUT2D eigenvalue weighted by Crippen LogP contribution is 2.18. The zero-order valence-corrected chi connectivity index (χ0v) is 10.5. The summed E-state index contributed by atoms with van der Waals surface area (Å²) in [4.78, 5) is 21.5. The number of rotatable bonds is 11. The van der Waals surface area contributed by atoms with E-state index in [4.69, 9.17) is 11.5 Å². The lowest BCUT2D eigenvalue weighted by atomic mass is 9.98. The molecular formula is C11H22N2O2S. The summed E-state index contributed by atoms with van der Waals surface area (Å²) in [7, 11) is 0. The van der Waals surface area contributed by atoms with Crippen molar-refractivity contribution in [2.75, 3.05) is 18.8 Å². The van der Waals surface area contributed by atoms with Crippen LogP contribution in [0.25, 0.3) is 0 Å². The van der Waals surface area contributed by atoms with Crippen molar-refractivity contribution < 1.29 is 9.59 Å². The van der Waals surface area contributed by atoms with Crippen molar-refractivity contribution in [3.63, 3.8) is 0 Å². The Balaban J connectivity index is 3.77. The first kappa shape index (κ1) is 15.6. The van der Waals surface area contributed by atoms with Gasteiger partial charge in [-0.15, -0.1) is 11.8 Å². The summed E-state index contributed by atoms with van der Waals surface area (Å²) in [5.41, 5.74) is 10.8. The van der Waals surface area contributed by atoms with Crippen LogP contribution >= 0.6 is 11.8 Å². The Kier molecular flexibility index (Phi) is 10.8. The average molecular weight is 246 g/mol. The van der Waals surface area contributed by atoms with Gasteiger partial charge in [-0.2, -0.15) is 0 Å². The molecule has 0 bridgehead atoms. The molecule has 0 fully saturated rings. The Labute approximate surface area is 102 Å². The molecule has 0 saturated carbocycles. The van der Waals surface area contributed by atoms with Crippen molar-refractivity contribution in [2.24, 2.45) is 17.4 Å². The molecule has 0 amide bonds. The van der Waals surface area contributed by atoms with E-state index in [1.807, 2.05) is 0 Å². The van der Waals surface area contributed by atoms with Gasteiger partial charge in [0.25, 0.3) is 0 Å². The van der Waals surface area contributed by atoms with Gasteiger partial charge in [-0.25, -0.2) is 0 Å². The lowest BCUT2D eigenvalue weighted by Crippen LogP contribution is -2.13. The van der Waals surface area contributed by atoms with Gasteiger partial charge in [-0.1, -0.05) is 0 Å². The molecule has 2 unspecified atom stereocenters. The van der Waals surface area contributed by atoms with Gasteiger partial charge in [0.15, 0.2) is 0 Å². The van der Waals surface area contributed by atoms with Crippen molar-refractivity contribution >= 4 is 24.3 Å². The molecule has 0 aromatic carbocycles. The molecule has 16 heavy (non-hydrogen) atoms. The van der Waals surface area contributed by atoms with E-state index in [1.54, 1.807) is 11.8 Å². The van der Waals surface area contributed by atoms with E-state index in [0.717, 1.165) is 44.0 Å². The maximum Gasteiger partial charge on any atom is 0.132 e. The quantitative estimate of drug-likeness (QED) is 0.521. The zero-order chi connectivity index (χ0) is 12.2. The lowest BCUT2D eigenvalue weighted by molar-refractivity contribution is -0.112. The van der Waals surface area contributed by atoms with Gasteiger partial charge in [0.1, 0.15) is 12.6 Å². The van der Waals surface area contributed by atoms with Gasteiger partial charge >= 0.3 is 0 Å². The SMILES string of the molecule is NCCCC(C=O)CCC(C=O)SCCN. The minimum atomic E-state index is -0.0242. The van der Waals surface area contributed by atoms with Gasteiger partial charge in [0.2, 0.25) is 0 Å². The molecule has 0 rings (SSSR count). The van der Waals surface area contributed by atoms with Crippen LogP contribution in [0.2, 0.25) is 0 Å². The van der Waals surface area contributed by atoms with Crippen molar-refractivity contribution in [3.8, 4) is 0 Å². The molecule has 0 aliphatic heterocycles. The summed E-state index contributed by atoms with van der Waals surface area (Å²) in [5, 5.41) is -0.0242. The third kappa shape index (κ3) is 7.84. The number of hydrogen-bond acceptors (Lipinski definition) is 5. The second-order valence-corrected chi connectivity index (χ2v) is 5.09. The predicted octanol–water partition coefficient (Wildman–Crippen LogP) is 0.580. The van der Waals surface area contributed by atoms with E-state index in [9.17, 15) is 9.59 Å². The fourth-order valence-corrected chi connectivity index (χ4v) is 2.27. The van der Waals surface area contributed by atoms with Gasteiger partial charge in [0.05, 0.1) is 5.25 Å². The van der Waals surface area contributed by atoms with Crippen LogP contribution < -0.4 is 11.5 Å². The second kappa shape index (κ2) is 11.1. The highest BCUT2D eigenvalue weighted by Gasteiger charge is 2.12. The minimum absolute atomic E-state index is 0.0242. The Morgan fingerprint density at radius 3 is 2.25 bits per heavy atom. The van der Waals surface area contributed by atoms with Crippen LogP contribution in [0.15, 0.2) is 0 Å². The summed E-state index contributed by atoms with van der Waals surface area (Å²) in [6, 6.07) is 0. The van der Waals surface area contributed by atoms with Gasteiger partial charge in [-0.05, 0) is 32.2 Å². The predicted molar refractivity (Wildman–Crippen MR) is 68.4 cm³/mol. The topological polar surface area (TPSA) is 86.2 Å². The van der Waals surface area contributed by atoms with Crippen LogP contribution in [0.5, 0.6) is 0 Å². The third-order valence-corrected chi connectivity index (χ3v) is 3.64. The van der Waals surface area contributed by atoms with E-state index in [2.05, 4.69) is 0 Å². The normalized spacial score (nSPS) is 14.4. The minimum Gasteiger partial charge on any atom is -0.330 e. The monoisotopic (exact) mass is 246 g/mol. The number of aldehydes is 2. The van der Waals surface area contributed by atoms with Crippen LogP contribution in [-0.4, -0.2) is 36.7 Å². The molecule has 0 aliphatic carbocycles. The molecule has 0 saturated heterocycles. The lowest BCUT2D eigenvalue weighted by Gasteiger charge is -2.13. The molecule has 0 aliphatic rings. The van der Waals surface area contributed by atoms with Gasteiger partial charge in [0, 0.05) is 18.2 Å². The average Bonchev–Trinajstić information content (AvgIpc) is 2.33. The van der Waals surface area contributed by atoms with Crippen LogP contribution in [-0.2, 0) is 9.59 Å². The van der Waals surface area contributed by atoms with Gasteiger partial charge < -0.3 is 21.1 Å². The summed E-state index contributed by atoms with van der Waals surface area (Å²) in [6.45, 7) is 1.20. The van der Waals surface area contributed by atoms with Crippen LogP contribution in [0.3, 0.4) is 0 Å². The van der Waals surface area contributed by atoms with Crippen LogP contribution in [0.1, 0.15) is 25.7 Å². The maximum absolute atomic E-state index is 10.8. The molecule has 0 aromatic rings. The summed E-state index contributed by atoms with van der Waals surface area (Å²) in [5.74, 6) is 0.835. The molecule has 4 nitrogen and oxygen atoms in total. The fourth-order valence-electron chi connectivity index (χ4n) is 1.45. The Morgan fingerprint density at radius 1 is 1.00 bits per heavy atom. The van der Waals surface area contributed by atoms with Gasteiger partial charge in [-0.3, -0.25) is 0 Å². The molecular weight excluding hydrogens is 224 g/mol. The number of thioether (sulfide) groups is 1. The second-order valence-electron chi connectivity index (χ2n) is 3.74. The molecule has 0 heterocycles. The first-order valence-corrected chi connectivity index (χ1v) is 6.75. The summed E-state index contributed by atoms with van der Waals surface area (Å²) < 4.78 is 0. The van der Waals surface area contributed by atoms with E-state index in [0.29, 0.717) is 13.1 Å². The molecule has 0 radical (unpaired) electrons. The largest absolute Gasteiger partial charge is 0.330 e. The number of carbonyl (C=O) groups is 2. The zero-order valence-electron chi connectivity index (χ0n) is 9.64. The highest BCUT2D eigenvalue weighted by molar-refractivity contribution is 8.00. The Hall–Kier alpha value is -0.390. The number of carbonyl (C=O) groups excluding carboxylic acids is 2. The first-order chi connectivity index (χ1) is 7.78. The van der Waals surface area contributed by atoms with Crippen molar-refractivity contribution in [1.29, 1.82) is 0 Å². The van der Waals surface area contributed by atoms with E-state index in [-0.39, 0.29) is 11.2 Å². The van der Waals surface area contributed by atoms with E-state index < -0.39 is 0 Å². The standard InChI is InChI=1S/C11H22N2O2S/c12-5-1-2-10(8-14)3-4-11(9-15)16-7-6-13/h8-11H,1-7,12-13H2. The molecule has 4 N–H and O–H groups in total. The summed E-state index contributed by atoms with van der Waals surface area (Å²) in [6.07, 6.45) is 5.14. The third-order valence-electron chi connectivity index (χ3n) is 2.40. The molecule has 0 spiro atoms. The molecule has 2 atom stereocenters. The molecule has 5 heteroatoms. The highest BCUT2D eigenvalue weighted by atomic mass is 32.2. The smallest absolute Gasteiger partial charge is 0.132 e. The number of nitrogens with two attached hydrogens (primary N) is 2. The van der Waals surface area contributed by atoms with Crippen molar-refractivity contribution in [3.05, 3.63) is 0 Å². The van der Waals surface area contributed by atoms with E-state index >= 15 is 0 Å². The maximum atomic E-state index is 10.8. The first-order valence-electron chi connectivity index (χ1n) is 5.70. The van der Waals surface area contributed by atoms with Crippen molar-refractivity contribution in [2.45, 2.75) is 30.9 Å². The van der Waals surface area contributed by atoms with Crippen LogP contribution in [0.4, 0.5) is 0 Å². The Morgan fingerprint density at radius 2 is 1.75 bits per heavy atom.